The summed E-state index contributed by atoms with van der Waals surface area (Å²) in [6, 6.07) is 1.77. The van der Waals surface area contributed by atoms with Crippen LogP contribution in [0.15, 0.2) is 5.38 Å². The Hall–Kier alpha value is -1.61. The molecule has 0 fully saturated rings. The third-order valence-electron chi connectivity index (χ3n) is 1.43. The standard InChI is InChI=1S/C8H10N4OS/c1-12(2)8(13)11-7-10-6(3-4-9)5-14-7/h5H,3H2,1-2H3,(H,10,11,13). The van der Waals surface area contributed by atoms with Gasteiger partial charge in [-0.15, -0.1) is 11.3 Å². The van der Waals surface area contributed by atoms with Gasteiger partial charge in [0, 0.05) is 19.5 Å². The van der Waals surface area contributed by atoms with Gasteiger partial charge in [0.1, 0.15) is 0 Å². The molecular weight excluding hydrogens is 200 g/mol. The van der Waals surface area contributed by atoms with Crippen LogP contribution in [-0.2, 0) is 6.42 Å². The van der Waals surface area contributed by atoms with Crippen LogP contribution in [0.5, 0.6) is 0 Å². The molecule has 0 aliphatic carbocycles. The van der Waals surface area contributed by atoms with Gasteiger partial charge in [0.15, 0.2) is 5.13 Å². The molecule has 2 amide bonds. The van der Waals surface area contributed by atoms with E-state index < -0.39 is 0 Å². The van der Waals surface area contributed by atoms with E-state index in [1.807, 2.05) is 6.07 Å². The molecule has 0 aromatic carbocycles. The minimum atomic E-state index is -0.220. The first kappa shape index (κ1) is 10.5. The number of carbonyl (C=O) groups excluding carboxylic acids is 1. The minimum Gasteiger partial charge on any atom is -0.331 e. The van der Waals surface area contributed by atoms with E-state index in [9.17, 15) is 4.79 Å². The summed E-state index contributed by atoms with van der Waals surface area (Å²) in [5.74, 6) is 0. The summed E-state index contributed by atoms with van der Waals surface area (Å²) in [5.41, 5.74) is 0.687. The number of thiazole rings is 1. The van der Waals surface area contributed by atoms with Crippen LogP contribution in [0.2, 0.25) is 0 Å². The maximum Gasteiger partial charge on any atom is 0.323 e. The van der Waals surface area contributed by atoms with E-state index in [0.29, 0.717) is 10.8 Å². The van der Waals surface area contributed by atoms with Gasteiger partial charge in [-0.3, -0.25) is 5.32 Å². The third-order valence-corrected chi connectivity index (χ3v) is 2.24. The maximum atomic E-state index is 11.2. The molecule has 0 aliphatic rings. The molecule has 0 saturated carbocycles. The molecule has 14 heavy (non-hydrogen) atoms. The van der Waals surface area contributed by atoms with Gasteiger partial charge in [0.25, 0.3) is 0 Å². The Balaban J connectivity index is 2.60. The molecule has 5 nitrogen and oxygen atoms in total. The topological polar surface area (TPSA) is 69.0 Å². The minimum absolute atomic E-state index is 0.220. The molecular formula is C8H10N4OS. The van der Waals surface area contributed by atoms with Gasteiger partial charge in [-0.25, -0.2) is 9.78 Å². The van der Waals surface area contributed by atoms with Crippen molar-refractivity contribution >= 4 is 22.5 Å². The predicted molar refractivity (Wildman–Crippen MR) is 54.1 cm³/mol. The van der Waals surface area contributed by atoms with Gasteiger partial charge in [0.05, 0.1) is 18.2 Å². The van der Waals surface area contributed by atoms with Gasteiger partial charge >= 0.3 is 6.03 Å². The molecule has 1 aromatic heterocycles. The summed E-state index contributed by atoms with van der Waals surface area (Å²) < 4.78 is 0. The summed E-state index contributed by atoms with van der Waals surface area (Å²) in [7, 11) is 3.30. The molecule has 74 valence electrons. The van der Waals surface area contributed by atoms with Crippen molar-refractivity contribution in [3.8, 4) is 6.07 Å². The lowest BCUT2D eigenvalue weighted by molar-refractivity contribution is 0.230. The lowest BCUT2D eigenvalue weighted by Gasteiger charge is -2.09. The second-order valence-corrected chi connectivity index (χ2v) is 3.66. The molecule has 1 N–H and O–H groups in total. The molecule has 0 atom stereocenters. The summed E-state index contributed by atoms with van der Waals surface area (Å²) in [6.45, 7) is 0. The van der Waals surface area contributed by atoms with Crippen LogP contribution >= 0.6 is 11.3 Å². The van der Waals surface area contributed by atoms with Crippen LogP contribution in [-0.4, -0.2) is 30.0 Å². The SMILES string of the molecule is CN(C)C(=O)Nc1nc(CC#N)cs1. The van der Waals surface area contributed by atoms with Crippen LogP contribution < -0.4 is 5.32 Å². The van der Waals surface area contributed by atoms with Crippen molar-refractivity contribution in [2.75, 3.05) is 19.4 Å². The molecule has 1 aromatic rings. The fourth-order valence-corrected chi connectivity index (χ4v) is 1.43. The van der Waals surface area contributed by atoms with Crippen molar-refractivity contribution in [1.82, 2.24) is 9.88 Å². The van der Waals surface area contributed by atoms with E-state index in [-0.39, 0.29) is 12.5 Å². The van der Waals surface area contributed by atoms with Crippen LogP contribution in [0.4, 0.5) is 9.93 Å². The quantitative estimate of drug-likeness (QED) is 0.800. The summed E-state index contributed by atoms with van der Waals surface area (Å²) in [5, 5.41) is 13.3. The average molecular weight is 210 g/mol. The number of hydrogen-bond donors (Lipinski definition) is 1. The van der Waals surface area contributed by atoms with Crippen molar-refractivity contribution in [1.29, 1.82) is 5.26 Å². The lowest BCUT2D eigenvalue weighted by atomic mass is 10.4. The Kier molecular flexibility index (Phi) is 3.42. The Morgan fingerprint density at radius 2 is 2.50 bits per heavy atom. The normalized spacial score (nSPS) is 9.21. The number of urea groups is 1. The first-order valence-corrected chi connectivity index (χ1v) is 4.81. The molecule has 0 aliphatic heterocycles. The molecule has 1 heterocycles. The number of anilines is 1. The zero-order chi connectivity index (χ0) is 10.6. The van der Waals surface area contributed by atoms with Gasteiger partial charge in [-0.05, 0) is 0 Å². The number of hydrogen-bond acceptors (Lipinski definition) is 4. The molecule has 0 spiro atoms. The van der Waals surface area contributed by atoms with E-state index in [2.05, 4.69) is 10.3 Å². The highest BCUT2D eigenvalue weighted by Crippen LogP contribution is 2.15. The van der Waals surface area contributed by atoms with Gasteiger partial charge in [-0.1, -0.05) is 0 Å². The van der Waals surface area contributed by atoms with Gasteiger partial charge in [-0.2, -0.15) is 5.26 Å². The highest BCUT2D eigenvalue weighted by Gasteiger charge is 2.07. The van der Waals surface area contributed by atoms with Gasteiger partial charge in [0.2, 0.25) is 0 Å². The largest absolute Gasteiger partial charge is 0.331 e. The van der Waals surface area contributed by atoms with E-state index >= 15 is 0 Å². The van der Waals surface area contributed by atoms with Crippen molar-refractivity contribution in [3.63, 3.8) is 0 Å². The summed E-state index contributed by atoms with van der Waals surface area (Å²) >= 11 is 1.31. The van der Waals surface area contributed by atoms with Crippen molar-refractivity contribution in [2.24, 2.45) is 0 Å². The molecule has 6 heteroatoms. The Morgan fingerprint density at radius 1 is 1.79 bits per heavy atom. The monoisotopic (exact) mass is 210 g/mol. The fraction of sp³-hybridized carbons (Fsp3) is 0.375. The highest BCUT2D eigenvalue weighted by atomic mass is 32.1. The highest BCUT2D eigenvalue weighted by molar-refractivity contribution is 7.13. The van der Waals surface area contributed by atoms with Gasteiger partial charge < -0.3 is 4.90 Å². The number of carbonyl (C=O) groups is 1. The zero-order valence-corrected chi connectivity index (χ0v) is 8.76. The molecule has 0 bridgehead atoms. The summed E-state index contributed by atoms with van der Waals surface area (Å²) in [6.07, 6.45) is 0.272. The van der Waals surface area contributed by atoms with Crippen molar-refractivity contribution in [3.05, 3.63) is 11.1 Å². The zero-order valence-electron chi connectivity index (χ0n) is 7.94. The number of nitriles is 1. The Labute approximate surface area is 86.0 Å². The third kappa shape index (κ3) is 2.71. The van der Waals surface area contributed by atoms with E-state index in [1.165, 1.54) is 16.2 Å². The van der Waals surface area contributed by atoms with Crippen LogP contribution in [0.3, 0.4) is 0 Å². The maximum absolute atomic E-state index is 11.2. The number of aromatic nitrogens is 1. The average Bonchev–Trinajstić information content (AvgIpc) is 2.53. The predicted octanol–water partition coefficient (Wildman–Crippen LogP) is 1.30. The van der Waals surface area contributed by atoms with E-state index in [4.69, 9.17) is 5.26 Å². The summed E-state index contributed by atoms with van der Waals surface area (Å²) in [4.78, 5) is 16.7. The molecule has 0 saturated heterocycles. The first-order valence-electron chi connectivity index (χ1n) is 3.93. The fourth-order valence-electron chi connectivity index (χ4n) is 0.730. The first-order chi connectivity index (χ1) is 6.63. The van der Waals surface area contributed by atoms with Crippen molar-refractivity contribution < 1.29 is 4.79 Å². The second kappa shape index (κ2) is 4.58. The number of nitrogens with one attached hydrogen (secondary N) is 1. The van der Waals surface area contributed by atoms with Crippen molar-refractivity contribution in [2.45, 2.75) is 6.42 Å². The smallest absolute Gasteiger partial charge is 0.323 e. The van der Waals surface area contributed by atoms with Crippen LogP contribution in [0.25, 0.3) is 0 Å². The molecule has 0 radical (unpaired) electrons. The number of amides is 2. The molecule has 0 unspecified atom stereocenters. The van der Waals surface area contributed by atoms with Crippen LogP contribution in [0.1, 0.15) is 5.69 Å². The second-order valence-electron chi connectivity index (χ2n) is 2.80. The molecule has 1 rings (SSSR count). The Bertz CT molecular complexity index is 366. The van der Waals surface area contributed by atoms with E-state index in [0.717, 1.165) is 0 Å². The Morgan fingerprint density at radius 3 is 3.07 bits per heavy atom. The lowest BCUT2D eigenvalue weighted by Crippen LogP contribution is -2.27. The number of nitrogens with zero attached hydrogens (tertiary/aromatic N) is 3. The van der Waals surface area contributed by atoms with Crippen LogP contribution in [0, 0.1) is 11.3 Å². The van der Waals surface area contributed by atoms with E-state index in [1.54, 1.807) is 19.5 Å². The number of rotatable bonds is 2.